The van der Waals surface area contributed by atoms with Crippen molar-refractivity contribution in [3.05, 3.63) is 42.5 Å². The Morgan fingerprint density at radius 3 is 2.65 bits per heavy atom. The topological polar surface area (TPSA) is 109 Å². The molecule has 1 aliphatic heterocycles. The van der Waals surface area contributed by atoms with Gasteiger partial charge in [0.2, 0.25) is 5.91 Å². The van der Waals surface area contributed by atoms with E-state index < -0.39 is 30.1 Å². The number of carbonyl (C=O) groups excluding carboxylic acids is 1. The summed E-state index contributed by atoms with van der Waals surface area (Å²) in [5, 5.41) is 2.73. The van der Waals surface area contributed by atoms with Crippen molar-refractivity contribution in [1.82, 2.24) is 25.2 Å². The fraction of sp³-hybridized carbons (Fsp3) is 0.500. The second kappa shape index (κ2) is 10.7. The number of carbonyl (C=O) groups is 1. The molecule has 3 aromatic heterocycles. The third-order valence-corrected chi connectivity index (χ3v) is 7.09. The highest BCUT2D eigenvalue weighted by Gasteiger charge is 2.41. The van der Waals surface area contributed by atoms with Gasteiger partial charge >= 0.3 is 6.18 Å². The molecule has 4 rings (SSSR count). The lowest BCUT2D eigenvalue weighted by Gasteiger charge is -2.32. The molecule has 1 aliphatic rings. The fourth-order valence-electron chi connectivity index (χ4n) is 4.61. The van der Waals surface area contributed by atoms with Crippen molar-refractivity contribution in [2.24, 2.45) is 17.6 Å². The number of ether oxygens (including phenoxy) is 1. The predicted octanol–water partition coefficient (Wildman–Crippen LogP) is 3.83. The van der Waals surface area contributed by atoms with Crippen LogP contribution in [0, 0.1) is 11.8 Å². The summed E-state index contributed by atoms with van der Waals surface area (Å²) >= 11 is 0. The van der Waals surface area contributed by atoms with Gasteiger partial charge in [0.15, 0.2) is 0 Å². The Morgan fingerprint density at radius 1 is 1.24 bits per heavy atom. The first-order valence-electron chi connectivity index (χ1n) is 12.4. The molecule has 0 aliphatic carbocycles. The predicted molar refractivity (Wildman–Crippen MR) is 135 cm³/mol. The van der Waals surface area contributed by atoms with Crippen LogP contribution in [0.3, 0.4) is 0 Å². The quantitative estimate of drug-likeness (QED) is 0.418. The number of nitrogens with one attached hydrogen (secondary N) is 2. The molecule has 4 N–H and O–H groups in total. The van der Waals surface area contributed by atoms with E-state index in [1.54, 1.807) is 38.5 Å². The second-order valence-electron chi connectivity index (χ2n) is 10.1. The van der Waals surface area contributed by atoms with E-state index in [1.165, 1.54) is 6.20 Å². The molecule has 37 heavy (non-hydrogen) atoms. The van der Waals surface area contributed by atoms with E-state index in [1.807, 2.05) is 11.4 Å². The monoisotopic (exact) mass is 518 g/mol. The summed E-state index contributed by atoms with van der Waals surface area (Å²) in [6, 6.07) is 3.60. The third kappa shape index (κ3) is 6.04. The van der Waals surface area contributed by atoms with Crippen LogP contribution in [0.15, 0.2) is 36.9 Å². The zero-order chi connectivity index (χ0) is 26.8. The molecule has 11 heteroatoms. The molecule has 1 atom stereocenters. The number of nitrogens with zero attached hydrogens (tertiary/aromatic N) is 3. The zero-order valence-electron chi connectivity index (χ0n) is 21.2. The molecule has 0 saturated carbocycles. The molecule has 4 heterocycles. The molecule has 200 valence electrons. The van der Waals surface area contributed by atoms with Crippen molar-refractivity contribution in [3.8, 4) is 16.9 Å². The van der Waals surface area contributed by atoms with Gasteiger partial charge in [0, 0.05) is 40.7 Å². The number of amides is 1. The number of hydrogen-bond acceptors (Lipinski definition) is 6. The highest BCUT2D eigenvalue weighted by Crippen LogP contribution is 2.34. The standard InChI is InChI=1S/C26H33F3N6O2/c1-16(2)26(30,24(36)34-15-25(27,28)29)19-8-18(10-31-11-19)22-13-33-23-21(22)9-20(12-32-23)37-14-17-4-6-35(3)7-5-17/h8-13,16-17H,4-7,14-15,30H2,1-3H3,(H,32,33)(H,34,36)/t26-/m1/s1. The SMILES string of the molecule is CC(C)[C@](N)(C(=O)NCC(F)(F)F)c1cncc(-c2c[nH]c3ncc(OCC4CCN(C)CC4)cc23)c1. The molecule has 1 amide bonds. The van der Waals surface area contributed by atoms with Crippen LogP contribution in [-0.2, 0) is 10.3 Å². The minimum atomic E-state index is -4.54. The number of fused-ring (bicyclic) bond motifs is 1. The van der Waals surface area contributed by atoms with Crippen molar-refractivity contribution >= 4 is 16.9 Å². The van der Waals surface area contributed by atoms with Crippen molar-refractivity contribution in [3.63, 3.8) is 0 Å². The molecular weight excluding hydrogens is 485 g/mol. The molecule has 0 radical (unpaired) electrons. The number of piperidine rings is 1. The Bertz CT molecular complexity index is 1240. The largest absolute Gasteiger partial charge is 0.492 e. The molecule has 0 bridgehead atoms. The lowest BCUT2D eigenvalue weighted by Crippen LogP contribution is -2.56. The Kier molecular flexibility index (Phi) is 7.75. The minimum absolute atomic E-state index is 0.316. The third-order valence-electron chi connectivity index (χ3n) is 7.09. The number of nitrogens with two attached hydrogens (primary N) is 1. The Balaban J connectivity index is 1.59. The van der Waals surface area contributed by atoms with Crippen LogP contribution < -0.4 is 15.8 Å². The molecule has 0 aromatic carbocycles. The van der Waals surface area contributed by atoms with E-state index in [9.17, 15) is 18.0 Å². The average molecular weight is 519 g/mol. The van der Waals surface area contributed by atoms with Crippen LogP contribution in [0.2, 0.25) is 0 Å². The number of rotatable bonds is 8. The second-order valence-corrected chi connectivity index (χ2v) is 10.1. The van der Waals surface area contributed by atoms with Crippen LogP contribution in [0.5, 0.6) is 5.75 Å². The summed E-state index contributed by atoms with van der Waals surface area (Å²) in [4.78, 5) is 27.0. The molecule has 3 aromatic rings. The van der Waals surface area contributed by atoms with E-state index in [0.29, 0.717) is 35.0 Å². The maximum absolute atomic E-state index is 12.8. The van der Waals surface area contributed by atoms with Gasteiger partial charge in [-0.3, -0.25) is 9.78 Å². The molecule has 0 spiro atoms. The van der Waals surface area contributed by atoms with Crippen molar-refractivity contribution in [2.75, 3.05) is 33.3 Å². The van der Waals surface area contributed by atoms with Gasteiger partial charge in [-0.25, -0.2) is 4.98 Å². The van der Waals surface area contributed by atoms with Gasteiger partial charge in [-0.1, -0.05) is 13.8 Å². The van der Waals surface area contributed by atoms with Gasteiger partial charge in [-0.2, -0.15) is 13.2 Å². The maximum atomic E-state index is 12.8. The molecule has 1 saturated heterocycles. The number of hydrogen-bond donors (Lipinski definition) is 3. The summed E-state index contributed by atoms with van der Waals surface area (Å²) in [6.07, 6.45) is 4.13. The number of likely N-dealkylation sites (tertiary alicyclic amines) is 1. The van der Waals surface area contributed by atoms with Crippen LogP contribution >= 0.6 is 0 Å². The zero-order valence-corrected chi connectivity index (χ0v) is 21.2. The van der Waals surface area contributed by atoms with E-state index in [4.69, 9.17) is 10.5 Å². The number of pyridine rings is 2. The van der Waals surface area contributed by atoms with Gasteiger partial charge in [0.05, 0.1) is 12.8 Å². The lowest BCUT2D eigenvalue weighted by molar-refractivity contribution is -0.143. The van der Waals surface area contributed by atoms with Crippen molar-refractivity contribution < 1.29 is 22.7 Å². The first-order valence-corrected chi connectivity index (χ1v) is 12.4. The normalized spacial score (nSPS) is 17.2. The van der Waals surface area contributed by atoms with Crippen molar-refractivity contribution in [2.45, 2.75) is 38.4 Å². The van der Waals surface area contributed by atoms with E-state index in [-0.39, 0.29) is 0 Å². The summed E-state index contributed by atoms with van der Waals surface area (Å²) in [5.74, 6) is -0.264. The van der Waals surface area contributed by atoms with Gasteiger partial charge in [0.1, 0.15) is 23.5 Å². The van der Waals surface area contributed by atoms with Crippen molar-refractivity contribution in [1.29, 1.82) is 0 Å². The first-order chi connectivity index (χ1) is 17.5. The minimum Gasteiger partial charge on any atom is -0.492 e. The van der Waals surface area contributed by atoms with Gasteiger partial charge in [0.25, 0.3) is 0 Å². The molecule has 1 fully saturated rings. The number of alkyl halides is 3. The Hall–Kier alpha value is -3.18. The first kappa shape index (κ1) is 26.9. The summed E-state index contributed by atoms with van der Waals surface area (Å²) < 4.78 is 44.2. The molecule has 0 unspecified atom stereocenters. The van der Waals surface area contributed by atoms with E-state index in [0.717, 1.165) is 36.9 Å². The van der Waals surface area contributed by atoms with Crippen LogP contribution in [0.25, 0.3) is 22.2 Å². The average Bonchev–Trinajstić information content (AvgIpc) is 3.29. The lowest BCUT2D eigenvalue weighted by atomic mass is 9.80. The number of aromatic amines is 1. The van der Waals surface area contributed by atoms with Crippen LogP contribution in [-0.4, -0.2) is 65.2 Å². The van der Waals surface area contributed by atoms with E-state index >= 15 is 0 Å². The number of halogens is 3. The van der Waals surface area contributed by atoms with Gasteiger partial charge in [-0.15, -0.1) is 0 Å². The van der Waals surface area contributed by atoms with Crippen LogP contribution in [0.4, 0.5) is 13.2 Å². The number of H-pyrrole nitrogens is 1. The Morgan fingerprint density at radius 2 is 1.97 bits per heavy atom. The maximum Gasteiger partial charge on any atom is 0.405 e. The van der Waals surface area contributed by atoms with Gasteiger partial charge in [-0.05, 0) is 56.9 Å². The molecule has 8 nitrogen and oxygen atoms in total. The fourth-order valence-corrected chi connectivity index (χ4v) is 4.61. The van der Waals surface area contributed by atoms with Gasteiger partial charge < -0.3 is 25.7 Å². The summed E-state index contributed by atoms with van der Waals surface area (Å²) in [5.41, 5.74) is 7.13. The highest BCUT2D eigenvalue weighted by atomic mass is 19.4. The summed E-state index contributed by atoms with van der Waals surface area (Å²) in [7, 11) is 2.12. The van der Waals surface area contributed by atoms with Crippen LogP contribution in [0.1, 0.15) is 32.3 Å². The highest BCUT2D eigenvalue weighted by molar-refractivity contribution is 5.95. The number of aromatic nitrogens is 3. The van der Waals surface area contributed by atoms with E-state index in [2.05, 4.69) is 26.9 Å². The summed E-state index contributed by atoms with van der Waals surface area (Å²) in [6.45, 7) is 4.65. The Labute approximate surface area is 213 Å². The molecular formula is C26H33F3N6O2. The smallest absolute Gasteiger partial charge is 0.405 e.